The van der Waals surface area contributed by atoms with Crippen LogP contribution < -0.4 is 9.64 Å². The highest BCUT2D eigenvalue weighted by molar-refractivity contribution is 7.07. The molecule has 162 valence electrons. The Morgan fingerprint density at radius 2 is 1.97 bits per heavy atom. The molecule has 1 fully saturated rings. The van der Waals surface area contributed by atoms with Crippen LogP contribution in [0.25, 0.3) is 0 Å². The molecular weight excluding hydrogens is 410 g/mol. The average molecular weight is 438 g/mol. The molecule has 0 aliphatic carbocycles. The molecule has 1 aliphatic rings. The van der Waals surface area contributed by atoms with Gasteiger partial charge in [-0.2, -0.15) is 0 Å². The van der Waals surface area contributed by atoms with E-state index < -0.39 is 0 Å². The van der Waals surface area contributed by atoms with Crippen LogP contribution in [0.3, 0.4) is 0 Å². The number of aryl methyl sites for hydroxylation is 1. The van der Waals surface area contributed by atoms with Gasteiger partial charge in [-0.05, 0) is 25.1 Å². The van der Waals surface area contributed by atoms with Gasteiger partial charge in [-0.25, -0.2) is 15.0 Å². The lowest BCUT2D eigenvalue weighted by atomic mass is 10.1. The van der Waals surface area contributed by atoms with E-state index in [1.165, 1.54) is 11.3 Å². The van der Waals surface area contributed by atoms with Gasteiger partial charge >= 0.3 is 0 Å². The predicted octanol–water partition coefficient (Wildman–Crippen LogP) is 3.91. The number of nitrogens with zero attached hydrogens (tertiary/aromatic N) is 5. The molecule has 0 saturated carbocycles. The second-order valence-corrected chi connectivity index (χ2v) is 8.67. The SMILES string of the molecule is Cc1cc(N2CCN(C(=O)c3cccc(OCc4cscn4)c3)CC2)nc(C(C)C)n1. The lowest BCUT2D eigenvalue weighted by molar-refractivity contribution is 0.0746. The third-order valence-electron chi connectivity index (χ3n) is 5.22. The lowest BCUT2D eigenvalue weighted by Gasteiger charge is -2.35. The maximum atomic E-state index is 13.0. The monoisotopic (exact) mass is 437 g/mol. The highest BCUT2D eigenvalue weighted by Crippen LogP contribution is 2.21. The van der Waals surface area contributed by atoms with Crippen molar-refractivity contribution in [2.24, 2.45) is 0 Å². The fourth-order valence-corrected chi connectivity index (χ4v) is 4.04. The van der Waals surface area contributed by atoms with E-state index in [9.17, 15) is 4.79 Å². The van der Waals surface area contributed by atoms with Crippen LogP contribution in [-0.2, 0) is 6.61 Å². The molecule has 1 saturated heterocycles. The summed E-state index contributed by atoms with van der Waals surface area (Å²) in [6.45, 7) is 9.41. The minimum absolute atomic E-state index is 0.0282. The van der Waals surface area contributed by atoms with E-state index in [0.29, 0.717) is 31.0 Å². The van der Waals surface area contributed by atoms with E-state index >= 15 is 0 Å². The number of amides is 1. The van der Waals surface area contributed by atoms with Crippen LogP contribution in [-0.4, -0.2) is 51.9 Å². The number of hydrogen-bond donors (Lipinski definition) is 0. The highest BCUT2D eigenvalue weighted by atomic mass is 32.1. The molecule has 8 heteroatoms. The van der Waals surface area contributed by atoms with Crippen molar-refractivity contribution < 1.29 is 9.53 Å². The molecule has 0 bridgehead atoms. The van der Waals surface area contributed by atoms with Crippen molar-refractivity contribution in [2.75, 3.05) is 31.1 Å². The van der Waals surface area contributed by atoms with Gasteiger partial charge in [0, 0.05) is 54.8 Å². The standard InChI is InChI=1S/C23H27N5O2S/c1-16(2)22-25-17(3)11-21(26-22)27-7-9-28(10-8-27)23(29)18-5-4-6-20(12-18)30-13-19-14-31-15-24-19/h4-6,11-12,14-16H,7-10,13H2,1-3H3. The van der Waals surface area contributed by atoms with Crippen molar-refractivity contribution in [1.82, 2.24) is 19.9 Å². The first-order valence-corrected chi connectivity index (χ1v) is 11.4. The molecule has 1 aromatic carbocycles. The maximum Gasteiger partial charge on any atom is 0.254 e. The topological polar surface area (TPSA) is 71.5 Å². The smallest absolute Gasteiger partial charge is 0.254 e. The summed E-state index contributed by atoms with van der Waals surface area (Å²) in [5, 5.41) is 1.96. The number of carbonyl (C=O) groups is 1. The Morgan fingerprint density at radius 3 is 2.68 bits per heavy atom. The van der Waals surface area contributed by atoms with Crippen LogP contribution in [0.5, 0.6) is 5.75 Å². The van der Waals surface area contributed by atoms with Crippen molar-refractivity contribution in [3.63, 3.8) is 0 Å². The molecule has 0 radical (unpaired) electrons. The number of thiazole rings is 1. The van der Waals surface area contributed by atoms with E-state index in [-0.39, 0.29) is 11.8 Å². The summed E-state index contributed by atoms with van der Waals surface area (Å²) in [5.74, 6) is 2.80. The number of carbonyl (C=O) groups excluding carboxylic acids is 1. The number of rotatable bonds is 6. The van der Waals surface area contributed by atoms with Gasteiger partial charge in [-0.1, -0.05) is 19.9 Å². The zero-order chi connectivity index (χ0) is 21.8. The summed E-state index contributed by atoms with van der Waals surface area (Å²) in [4.78, 5) is 30.7. The molecule has 31 heavy (non-hydrogen) atoms. The Labute approximate surface area is 186 Å². The number of aromatic nitrogens is 3. The lowest BCUT2D eigenvalue weighted by Crippen LogP contribution is -2.49. The molecule has 0 N–H and O–H groups in total. The van der Waals surface area contributed by atoms with Crippen molar-refractivity contribution in [1.29, 1.82) is 0 Å². The normalized spacial score (nSPS) is 14.2. The first-order valence-electron chi connectivity index (χ1n) is 10.5. The molecular formula is C23H27N5O2S. The Kier molecular flexibility index (Phi) is 6.46. The summed E-state index contributed by atoms with van der Waals surface area (Å²) in [6, 6.07) is 9.39. The molecule has 1 amide bonds. The third-order valence-corrected chi connectivity index (χ3v) is 5.85. The summed E-state index contributed by atoms with van der Waals surface area (Å²) < 4.78 is 5.80. The van der Waals surface area contributed by atoms with Gasteiger partial charge in [-0.3, -0.25) is 4.79 Å². The first kappa shape index (κ1) is 21.2. The summed E-state index contributed by atoms with van der Waals surface area (Å²) >= 11 is 1.54. The molecule has 3 aromatic rings. The van der Waals surface area contributed by atoms with Crippen LogP contribution in [0.4, 0.5) is 5.82 Å². The second-order valence-electron chi connectivity index (χ2n) is 7.96. The maximum absolute atomic E-state index is 13.0. The molecule has 0 atom stereocenters. The quantitative estimate of drug-likeness (QED) is 0.582. The van der Waals surface area contributed by atoms with E-state index in [0.717, 1.165) is 36.1 Å². The zero-order valence-electron chi connectivity index (χ0n) is 18.1. The number of hydrogen-bond acceptors (Lipinski definition) is 7. The number of ether oxygens (including phenoxy) is 1. The molecule has 4 rings (SSSR count). The minimum atomic E-state index is 0.0282. The van der Waals surface area contributed by atoms with Gasteiger partial charge in [0.25, 0.3) is 5.91 Å². The summed E-state index contributed by atoms with van der Waals surface area (Å²) in [7, 11) is 0. The van der Waals surface area contributed by atoms with Gasteiger partial charge in [0.1, 0.15) is 24.0 Å². The molecule has 0 unspecified atom stereocenters. The van der Waals surface area contributed by atoms with Crippen molar-refractivity contribution in [2.45, 2.75) is 33.3 Å². The number of anilines is 1. The molecule has 1 aliphatic heterocycles. The van der Waals surface area contributed by atoms with Crippen LogP contribution in [0.15, 0.2) is 41.2 Å². The number of benzene rings is 1. The van der Waals surface area contributed by atoms with E-state index in [2.05, 4.69) is 28.7 Å². The first-order chi connectivity index (χ1) is 15.0. The largest absolute Gasteiger partial charge is 0.487 e. The fraction of sp³-hybridized carbons (Fsp3) is 0.391. The van der Waals surface area contributed by atoms with Crippen molar-refractivity contribution in [3.8, 4) is 5.75 Å². The molecule has 0 spiro atoms. The van der Waals surface area contributed by atoms with Crippen LogP contribution in [0.2, 0.25) is 0 Å². The zero-order valence-corrected chi connectivity index (χ0v) is 18.9. The number of piperazine rings is 1. The van der Waals surface area contributed by atoms with Crippen molar-refractivity contribution >= 4 is 23.1 Å². The van der Waals surface area contributed by atoms with Gasteiger partial charge in [0.15, 0.2) is 0 Å². The Morgan fingerprint density at radius 1 is 1.16 bits per heavy atom. The second kappa shape index (κ2) is 9.43. The van der Waals surface area contributed by atoms with Gasteiger partial charge in [-0.15, -0.1) is 11.3 Å². The fourth-order valence-electron chi connectivity index (χ4n) is 3.50. The molecule has 7 nitrogen and oxygen atoms in total. The van der Waals surface area contributed by atoms with E-state index in [4.69, 9.17) is 9.72 Å². The highest BCUT2D eigenvalue weighted by Gasteiger charge is 2.24. The van der Waals surface area contributed by atoms with Gasteiger partial charge in [0.05, 0.1) is 11.2 Å². The minimum Gasteiger partial charge on any atom is -0.487 e. The predicted molar refractivity (Wildman–Crippen MR) is 122 cm³/mol. The van der Waals surface area contributed by atoms with Gasteiger partial charge < -0.3 is 14.5 Å². The van der Waals surface area contributed by atoms with E-state index in [1.54, 1.807) is 5.51 Å². The van der Waals surface area contributed by atoms with E-state index in [1.807, 2.05) is 47.5 Å². The molecule has 3 heterocycles. The Bertz CT molecular complexity index is 1030. The summed E-state index contributed by atoms with van der Waals surface area (Å²) in [5.41, 5.74) is 4.29. The molecule has 2 aromatic heterocycles. The Balaban J connectivity index is 1.38. The van der Waals surface area contributed by atoms with Crippen molar-refractivity contribution in [3.05, 3.63) is 64.0 Å². The van der Waals surface area contributed by atoms with Crippen LogP contribution >= 0.6 is 11.3 Å². The van der Waals surface area contributed by atoms with Crippen LogP contribution in [0.1, 0.15) is 47.3 Å². The average Bonchev–Trinajstić information content (AvgIpc) is 3.31. The van der Waals surface area contributed by atoms with Gasteiger partial charge in [0.2, 0.25) is 0 Å². The van der Waals surface area contributed by atoms with Crippen LogP contribution in [0, 0.1) is 6.92 Å². The third kappa shape index (κ3) is 5.19. The summed E-state index contributed by atoms with van der Waals surface area (Å²) in [6.07, 6.45) is 0. The Hall–Kier alpha value is -3.00.